The number of hydrazone groups is 1. The molecule has 0 saturated heterocycles. The summed E-state index contributed by atoms with van der Waals surface area (Å²) in [6.45, 7) is 0. The van der Waals surface area contributed by atoms with E-state index in [1.54, 1.807) is 0 Å². The lowest BCUT2D eigenvalue weighted by Gasteiger charge is -2.11. The Labute approximate surface area is 287 Å². The maximum Gasteiger partial charge on any atom is 0.294 e. The van der Waals surface area contributed by atoms with Gasteiger partial charge in [0.25, 0.3) is 31.6 Å². The van der Waals surface area contributed by atoms with Gasteiger partial charge < -0.3 is 5.11 Å². The topological polar surface area (TPSA) is 340 Å². The molecule has 0 atom stereocenters. The normalized spacial score (nSPS) is 14.8. The van der Waals surface area contributed by atoms with Crippen LogP contribution in [0.1, 0.15) is 0 Å². The van der Waals surface area contributed by atoms with Gasteiger partial charge in [-0.3, -0.25) is 60.0 Å². The summed E-state index contributed by atoms with van der Waals surface area (Å²) >= 11 is 0. The number of hydrogen-bond donors (Lipinski definition) is 6. The van der Waals surface area contributed by atoms with Gasteiger partial charge in [-0.05, 0) is 47.9 Å². The molecular formula is C28H18N8O14S2. The summed E-state index contributed by atoms with van der Waals surface area (Å²) in [6, 6.07) is 8.32. The van der Waals surface area contributed by atoms with Crippen LogP contribution in [0.5, 0.6) is 5.75 Å². The van der Waals surface area contributed by atoms with E-state index >= 15 is 0 Å². The Kier molecular flexibility index (Phi) is 9.56. The lowest BCUT2D eigenvalue weighted by atomic mass is 10.1. The van der Waals surface area contributed by atoms with Gasteiger partial charge in [-0.2, -0.15) is 32.1 Å². The number of nitro benzene ring substituents is 1. The Hall–Kier alpha value is -7.02. The first-order chi connectivity index (χ1) is 24.3. The zero-order chi connectivity index (χ0) is 38.1. The number of benzene rings is 4. The van der Waals surface area contributed by atoms with E-state index in [1.807, 2.05) is 0 Å². The highest BCUT2D eigenvalue weighted by atomic mass is 32.2. The van der Waals surface area contributed by atoms with Crippen LogP contribution in [0.25, 0.3) is 10.8 Å². The molecule has 0 radical (unpaired) electrons. The molecule has 0 aliphatic heterocycles. The van der Waals surface area contributed by atoms with Crippen molar-refractivity contribution >= 4 is 65.3 Å². The Morgan fingerprint density at radius 1 is 0.692 bits per heavy atom. The highest BCUT2D eigenvalue weighted by Crippen LogP contribution is 2.36. The first kappa shape index (κ1) is 36.3. The van der Waals surface area contributed by atoms with Crippen molar-refractivity contribution in [3.8, 4) is 5.75 Å². The molecule has 4 aromatic rings. The Bertz CT molecular complexity index is 2780. The van der Waals surface area contributed by atoms with E-state index in [4.69, 9.17) is 0 Å². The minimum Gasteiger partial charge on any atom is -0.507 e. The molecule has 0 spiro atoms. The van der Waals surface area contributed by atoms with E-state index in [0.717, 1.165) is 48.6 Å². The molecule has 0 amide bonds. The van der Waals surface area contributed by atoms with E-state index in [2.05, 4.69) is 31.6 Å². The van der Waals surface area contributed by atoms with Crippen molar-refractivity contribution in [3.05, 3.63) is 130 Å². The number of non-ortho nitro benzene ring substituents is 1. The summed E-state index contributed by atoms with van der Waals surface area (Å²) in [7, 11) is -9.91. The lowest BCUT2D eigenvalue weighted by Crippen LogP contribution is -2.49. The van der Waals surface area contributed by atoms with E-state index in [1.165, 1.54) is 12.1 Å². The van der Waals surface area contributed by atoms with Crippen molar-refractivity contribution in [2.24, 2.45) is 15.3 Å². The second-order valence-electron chi connectivity index (χ2n) is 10.3. The van der Waals surface area contributed by atoms with Gasteiger partial charge in [0.1, 0.15) is 22.5 Å². The molecule has 0 aromatic heterocycles. The molecular weight excluding hydrogens is 736 g/mol. The number of anilines is 3. The average Bonchev–Trinajstić information content (AvgIpc) is 3.06. The van der Waals surface area contributed by atoms with Crippen LogP contribution in [-0.2, 0) is 25.0 Å². The largest absolute Gasteiger partial charge is 0.507 e. The van der Waals surface area contributed by atoms with Gasteiger partial charge in [0.05, 0.1) is 37.1 Å². The van der Waals surface area contributed by atoms with E-state index in [9.17, 15) is 65.7 Å². The predicted molar refractivity (Wildman–Crippen MR) is 178 cm³/mol. The summed E-state index contributed by atoms with van der Waals surface area (Å²) in [6.07, 6.45) is 2.60. The minimum absolute atomic E-state index is 0.0826. The zero-order valence-electron chi connectivity index (χ0n) is 25.3. The Morgan fingerprint density at radius 3 is 1.88 bits per heavy atom. The van der Waals surface area contributed by atoms with E-state index in [0.29, 0.717) is 12.1 Å². The quantitative estimate of drug-likeness (QED) is 0.0554. The van der Waals surface area contributed by atoms with Crippen molar-refractivity contribution in [1.82, 2.24) is 0 Å². The number of phenolic OH excluding ortho intramolecular Hbond substituents is 1. The summed E-state index contributed by atoms with van der Waals surface area (Å²) in [4.78, 5) is 57.9. The molecule has 5 rings (SSSR count). The number of carbonyl (C=O) groups is 1. The molecule has 24 heteroatoms. The maximum absolute atomic E-state index is 13.5. The fourth-order valence-electron chi connectivity index (χ4n) is 4.44. The summed E-state index contributed by atoms with van der Waals surface area (Å²) < 4.78 is 66.6. The molecule has 4 aromatic carbocycles. The SMILES string of the molecule is O=C1C=C([N+](=O)[O-])C=C/C1=N\Nc1c/c(=N\Nc2cc(S(=O)(=O)O)cc3cc(S(=O)(=O)O)cc(O)c23)c(=O)/c(=N\Nc2ccc([N+](=O)[O-])cc2)c1=O. The van der Waals surface area contributed by atoms with Crippen molar-refractivity contribution < 1.29 is 45.7 Å². The standard InChI is InChI=1S/C28H18N8O14S2/c37-23-9-16(36(43)44)5-6-19(23)30-32-21-12-22(28(40)26(27(21)39)34-29-14-1-3-15(4-2-14)35(41)42)33-31-20-10-17(51(45,46)47)7-13-8-18(52(48,49)50)11-24(38)25(13)20/h1-12,29,31-32,38H,(H,45,46,47)(H,48,49,50)/b30-19+,33-22+,34-26-. The highest BCUT2D eigenvalue weighted by Gasteiger charge is 2.21. The summed E-state index contributed by atoms with van der Waals surface area (Å²) in [5.41, 5.74) is 2.46. The van der Waals surface area contributed by atoms with Gasteiger partial charge in [-0.1, -0.05) is 0 Å². The first-order valence-electron chi connectivity index (χ1n) is 13.7. The van der Waals surface area contributed by atoms with Crippen LogP contribution in [0.4, 0.5) is 22.7 Å². The third-order valence-corrected chi connectivity index (χ3v) is 8.55. The van der Waals surface area contributed by atoms with Crippen LogP contribution in [0, 0.1) is 20.2 Å². The smallest absolute Gasteiger partial charge is 0.294 e. The number of aromatic hydroxyl groups is 1. The van der Waals surface area contributed by atoms with Gasteiger partial charge in [-0.25, -0.2) is 0 Å². The number of ketones is 1. The number of nitrogens with one attached hydrogen (secondary N) is 3. The van der Waals surface area contributed by atoms with Crippen LogP contribution >= 0.6 is 0 Å². The number of carbonyl (C=O) groups excluding carboxylic acids is 1. The number of nitrogens with zero attached hydrogens (tertiary/aromatic N) is 5. The van der Waals surface area contributed by atoms with Gasteiger partial charge in [0.15, 0.2) is 5.36 Å². The Balaban J connectivity index is 1.67. The van der Waals surface area contributed by atoms with Gasteiger partial charge >= 0.3 is 0 Å². The fourth-order valence-corrected chi connectivity index (χ4v) is 5.52. The van der Waals surface area contributed by atoms with Crippen LogP contribution < -0.4 is 37.8 Å². The van der Waals surface area contributed by atoms with E-state index in [-0.39, 0.29) is 22.1 Å². The van der Waals surface area contributed by atoms with Crippen molar-refractivity contribution in [2.75, 3.05) is 16.3 Å². The number of phenols is 1. The third kappa shape index (κ3) is 7.73. The van der Waals surface area contributed by atoms with Crippen LogP contribution in [0.2, 0.25) is 0 Å². The molecule has 1 aliphatic carbocycles. The molecule has 0 bridgehead atoms. The molecule has 1 aliphatic rings. The second-order valence-corrected chi connectivity index (χ2v) is 13.1. The predicted octanol–water partition coefficient (Wildman–Crippen LogP) is 0.466. The number of nitro groups is 2. The zero-order valence-corrected chi connectivity index (χ0v) is 26.9. The number of rotatable bonds is 10. The van der Waals surface area contributed by atoms with Crippen LogP contribution in [0.3, 0.4) is 0 Å². The van der Waals surface area contributed by atoms with E-state index < -0.39 is 95.8 Å². The first-order valence-corrected chi connectivity index (χ1v) is 16.6. The molecule has 6 N–H and O–H groups in total. The van der Waals surface area contributed by atoms with Crippen molar-refractivity contribution in [2.45, 2.75) is 9.79 Å². The highest BCUT2D eigenvalue weighted by molar-refractivity contribution is 7.86. The van der Waals surface area contributed by atoms with Gasteiger partial charge in [-0.15, -0.1) is 0 Å². The maximum atomic E-state index is 13.5. The average molecular weight is 755 g/mol. The monoisotopic (exact) mass is 754 g/mol. The minimum atomic E-state index is -5.00. The lowest BCUT2D eigenvalue weighted by molar-refractivity contribution is -0.419. The molecule has 0 unspecified atom stereocenters. The molecule has 0 saturated carbocycles. The van der Waals surface area contributed by atoms with Crippen LogP contribution in [0.15, 0.2) is 113 Å². The number of fused-ring (bicyclic) bond motifs is 1. The molecule has 0 heterocycles. The Morgan fingerprint density at radius 2 is 1.31 bits per heavy atom. The van der Waals surface area contributed by atoms with Crippen LogP contribution in [-0.4, -0.2) is 52.4 Å². The number of hydrogen-bond acceptors (Lipinski definition) is 18. The summed E-state index contributed by atoms with van der Waals surface area (Å²) in [5, 5.41) is 41.8. The third-order valence-electron chi connectivity index (χ3n) is 6.88. The number of allylic oxidation sites excluding steroid dienone is 3. The molecule has 52 heavy (non-hydrogen) atoms. The molecule has 22 nitrogen and oxygen atoms in total. The second kappa shape index (κ2) is 13.7. The molecule has 266 valence electrons. The van der Waals surface area contributed by atoms with Crippen molar-refractivity contribution in [3.63, 3.8) is 0 Å². The fraction of sp³-hybridized carbons (Fsp3) is 0. The molecule has 0 fully saturated rings. The van der Waals surface area contributed by atoms with Crippen molar-refractivity contribution in [1.29, 1.82) is 0 Å². The summed E-state index contributed by atoms with van der Waals surface area (Å²) in [5.74, 6) is -1.75. The van der Waals surface area contributed by atoms with Gasteiger partial charge in [0.2, 0.25) is 16.6 Å². The van der Waals surface area contributed by atoms with Gasteiger partial charge in [0, 0.05) is 29.7 Å².